The molecule has 5 nitrogen and oxygen atoms in total. The average Bonchev–Trinajstić information content (AvgIpc) is 2.80. The summed E-state index contributed by atoms with van der Waals surface area (Å²) < 4.78 is 5.79. The van der Waals surface area contributed by atoms with E-state index in [2.05, 4.69) is 18.3 Å². The lowest BCUT2D eigenvalue weighted by Gasteiger charge is -2.22. The number of hydrogen-bond donors (Lipinski definition) is 1. The fourth-order valence-corrected chi connectivity index (χ4v) is 4.59. The number of ether oxygens (including phenoxy) is 1. The molecule has 0 saturated heterocycles. The third-order valence-electron chi connectivity index (χ3n) is 5.48. The molecule has 4 rings (SSSR count). The predicted molar refractivity (Wildman–Crippen MR) is 127 cm³/mol. The number of aromatic nitrogens is 1. The zero-order valence-corrected chi connectivity index (χ0v) is 19.0. The number of fused-ring (bicyclic) bond motifs is 1. The van der Waals surface area contributed by atoms with Gasteiger partial charge in [-0.15, -0.1) is 0 Å². The molecule has 0 bridgehead atoms. The van der Waals surface area contributed by atoms with Crippen LogP contribution in [0.2, 0.25) is 0 Å². The van der Waals surface area contributed by atoms with Crippen LogP contribution in [0.15, 0.2) is 65.7 Å². The Balaban J connectivity index is 1.39. The maximum atomic E-state index is 12.8. The Hall–Kier alpha value is -3.30. The molecular weight excluding hydrogens is 418 g/mol. The van der Waals surface area contributed by atoms with Gasteiger partial charge in [0.15, 0.2) is 0 Å². The zero-order valence-electron chi connectivity index (χ0n) is 18.2. The van der Waals surface area contributed by atoms with Gasteiger partial charge in [-0.25, -0.2) is 4.98 Å². The molecule has 2 aromatic carbocycles. The highest BCUT2D eigenvalue weighted by Gasteiger charge is 2.22. The molecule has 6 heteroatoms. The normalized spacial score (nSPS) is 15.8. The Bertz CT molecular complexity index is 1140. The van der Waals surface area contributed by atoms with Crippen LogP contribution in [0.1, 0.15) is 37.1 Å². The minimum Gasteiger partial charge on any atom is -0.457 e. The van der Waals surface area contributed by atoms with Crippen molar-refractivity contribution in [2.75, 3.05) is 5.32 Å². The van der Waals surface area contributed by atoms with Gasteiger partial charge >= 0.3 is 0 Å². The molecule has 1 heterocycles. The maximum Gasteiger partial charge on any atom is 0.237 e. The topological polar surface area (TPSA) is 75.0 Å². The molecule has 0 radical (unpaired) electrons. The van der Waals surface area contributed by atoms with Gasteiger partial charge in [0.05, 0.1) is 10.8 Å². The molecule has 1 N–H and O–H groups in total. The summed E-state index contributed by atoms with van der Waals surface area (Å²) in [6.07, 6.45) is 2.99. The number of rotatable bonds is 6. The molecule has 1 aliphatic carbocycles. The SMILES string of the molecule is CC1CCc2nc(SC(C)C(=O)Nc3ccc(Oc4ccccc4)cc3)c(C#N)cc2C1. The fourth-order valence-electron chi connectivity index (χ4n) is 3.69. The van der Waals surface area contributed by atoms with E-state index in [1.54, 1.807) is 0 Å². The first kappa shape index (κ1) is 21.9. The summed E-state index contributed by atoms with van der Waals surface area (Å²) in [5.41, 5.74) is 3.46. The van der Waals surface area contributed by atoms with Crippen molar-refractivity contribution in [3.63, 3.8) is 0 Å². The summed E-state index contributed by atoms with van der Waals surface area (Å²) in [7, 11) is 0. The number of pyridine rings is 1. The van der Waals surface area contributed by atoms with Crippen LogP contribution in [0.5, 0.6) is 11.5 Å². The first-order valence-corrected chi connectivity index (χ1v) is 11.6. The lowest BCUT2D eigenvalue weighted by atomic mass is 9.87. The van der Waals surface area contributed by atoms with Crippen molar-refractivity contribution in [2.45, 2.75) is 43.4 Å². The number of carbonyl (C=O) groups is 1. The molecule has 2 atom stereocenters. The van der Waals surface area contributed by atoms with Gasteiger partial charge in [0.1, 0.15) is 22.6 Å². The third kappa shape index (κ3) is 5.30. The van der Waals surface area contributed by atoms with Crippen molar-refractivity contribution in [1.82, 2.24) is 4.98 Å². The van der Waals surface area contributed by atoms with Crippen LogP contribution in [-0.2, 0) is 17.6 Å². The van der Waals surface area contributed by atoms with Gasteiger partial charge in [-0.3, -0.25) is 4.79 Å². The van der Waals surface area contributed by atoms with Gasteiger partial charge in [-0.1, -0.05) is 36.9 Å². The van der Waals surface area contributed by atoms with E-state index >= 15 is 0 Å². The van der Waals surface area contributed by atoms with Crippen molar-refractivity contribution in [1.29, 1.82) is 5.26 Å². The number of benzene rings is 2. The monoisotopic (exact) mass is 443 g/mol. The summed E-state index contributed by atoms with van der Waals surface area (Å²) >= 11 is 1.33. The van der Waals surface area contributed by atoms with Crippen LogP contribution in [0, 0.1) is 17.2 Å². The summed E-state index contributed by atoms with van der Waals surface area (Å²) in [6.45, 7) is 4.06. The number of carbonyl (C=O) groups excluding carboxylic acids is 1. The summed E-state index contributed by atoms with van der Waals surface area (Å²) in [5, 5.41) is 12.8. The molecule has 1 aromatic heterocycles. The van der Waals surface area contributed by atoms with E-state index in [0.717, 1.165) is 30.7 Å². The Morgan fingerprint density at radius 1 is 1.19 bits per heavy atom. The minimum atomic E-state index is -0.393. The molecular formula is C26H25N3O2S. The highest BCUT2D eigenvalue weighted by Crippen LogP contribution is 2.31. The van der Waals surface area contributed by atoms with Crippen LogP contribution in [0.4, 0.5) is 5.69 Å². The van der Waals surface area contributed by atoms with Gasteiger partial charge in [-0.2, -0.15) is 5.26 Å². The second-order valence-corrected chi connectivity index (χ2v) is 9.43. The van der Waals surface area contributed by atoms with E-state index in [-0.39, 0.29) is 5.91 Å². The van der Waals surface area contributed by atoms with Gasteiger partial charge in [0, 0.05) is 11.4 Å². The molecule has 0 spiro atoms. The average molecular weight is 444 g/mol. The van der Waals surface area contributed by atoms with E-state index in [4.69, 9.17) is 9.72 Å². The second-order valence-electron chi connectivity index (χ2n) is 8.10. The van der Waals surface area contributed by atoms with Gasteiger partial charge < -0.3 is 10.1 Å². The van der Waals surface area contributed by atoms with Crippen LogP contribution in [0.25, 0.3) is 0 Å². The van der Waals surface area contributed by atoms with Crippen LogP contribution in [-0.4, -0.2) is 16.1 Å². The molecule has 2 unspecified atom stereocenters. The van der Waals surface area contributed by atoms with E-state index in [9.17, 15) is 10.1 Å². The largest absolute Gasteiger partial charge is 0.457 e. The fraction of sp³-hybridized carbons (Fsp3) is 0.269. The number of amides is 1. The van der Waals surface area contributed by atoms with Crippen LogP contribution >= 0.6 is 11.8 Å². The van der Waals surface area contributed by atoms with Crippen molar-refractivity contribution in [3.8, 4) is 17.6 Å². The highest BCUT2D eigenvalue weighted by atomic mass is 32.2. The van der Waals surface area contributed by atoms with E-state index in [0.29, 0.717) is 27.9 Å². The van der Waals surface area contributed by atoms with Crippen molar-refractivity contribution >= 4 is 23.4 Å². The summed E-state index contributed by atoms with van der Waals surface area (Å²) in [6, 6.07) is 21.0. The number of nitrogens with zero attached hydrogens (tertiary/aromatic N) is 2. The van der Waals surface area contributed by atoms with E-state index < -0.39 is 5.25 Å². The number of aryl methyl sites for hydroxylation is 1. The van der Waals surface area contributed by atoms with Gasteiger partial charge in [0.25, 0.3) is 0 Å². The molecule has 162 valence electrons. The maximum absolute atomic E-state index is 12.8. The molecule has 1 aliphatic rings. The number of thioether (sulfide) groups is 1. The molecule has 32 heavy (non-hydrogen) atoms. The summed E-state index contributed by atoms with van der Waals surface area (Å²) in [4.78, 5) is 17.5. The third-order valence-corrected chi connectivity index (χ3v) is 6.58. The number of anilines is 1. The van der Waals surface area contributed by atoms with Gasteiger partial charge in [0.2, 0.25) is 5.91 Å². The zero-order chi connectivity index (χ0) is 22.5. The molecule has 3 aromatic rings. The Kier molecular flexibility index (Phi) is 6.77. The van der Waals surface area contributed by atoms with Crippen molar-refractivity contribution in [3.05, 3.63) is 77.5 Å². The smallest absolute Gasteiger partial charge is 0.237 e. The van der Waals surface area contributed by atoms with Crippen molar-refractivity contribution < 1.29 is 9.53 Å². The quantitative estimate of drug-likeness (QED) is 0.474. The molecule has 0 aliphatic heterocycles. The van der Waals surface area contributed by atoms with E-state index in [1.165, 1.54) is 17.3 Å². The lowest BCUT2D eigenvalue weighted by molar-refractivity contribution is -0.115. The standard InChI is InChI=1S/C26H25N3O2S/c1-17-8-13-24-19(14-17)15-20(16-27)26(29-24)32-18(2)25(30)28-21-9-11-23(12-10-21)31-22-6-4-3-5-7-22/h3-7,9-12,15,17-18H,8,13-14H2,1-2H3,(H,28,30). The first-order chi connectivity index (χ1) is 15.5. The Labute approximate surface area is 192 Å². The Morgan fingerprint density at radius 2 is 1.91 bits per heavy atom. The van der Waals surface area contributed by atoms with Crippen molar-refractivity contribution in [2.24, 2.45) is 5.92 Å². The summed E-state index contributed by atoms with van der Waals surface area (Å²) in [5.74, 6) is 1.93. The highest BCUT2D eigenvalue weighted by molar-refractivity contribution is 8.00. The Morgan fingerprint density at radius 3 is 2.62 bits per heavy atom. The number of nitrogens with one attached hydrogen (secondary N) is 1. The number of para-hydroxylation sites is 1. The minimum absolute atomic E-state index is 0.135. The van der Waals surface area contributed by atoms with Crippen LogP contribution < -0.4 is 10.1 Å². The molecule has 1 amide bonds. The van der Waals surface area contributed by atoms with E-state index in [1.807, 2.05) is 67.6 Å². The first-order valence-electron chi connectivity index (χ1n) is 10.7. The van der Waals surface area contributed by atoms with Gasteiger partial charge in [-0.05, 0) is 80.1 Å². The molecule has 0 fully saturated rings. The lowest BCUT2D eigenvalue weighted by Crippen LogP contribution is -2.23. The second kappa shape index (κ2) is 9.88. The number of hydrogen-bond acceptors (Lipinski definition) is 5. The molecule has 0 saturated carbocycles. The van der Waals surface area contributed by atoms with Crippen LogP contribution in [0.3, 0.4) is 0 Å². The number of nitriles is 1. The predicted octanol–water partition coefficient (Wildman–Crippen LogP) is 5.99.